The lowest BCUT2D eigenvalue weighted by Crippen LogP contribution is -2.35. The van der Waals surface area contributed by atoms with Crippen LogP contribution in [0, 0.1) is 0 Å². The normalized spacial score (nSPS) is 17.9. The number of nitrogens with zero attached hydrogens (tertiary/aromatic N) is 3. The lowest BCUT2D eigenvalue weighted by Gasteiger charge is -2.28. The zero-order chi connectivity index (χ0) is 25.4. The van der Waals surface area contributed by atoms with Crippen LogP contribution in [0.4, 0.5) is 8.78 Å². The first-order valence-corrected chi connectivity index (χ1v) is 11.5. The molecule has 36 heavy (non-hydrogen) atoms. The predicted octanol–water partition coefficient (Wildman–Crippen LogP) is 3.87. The number of imidazole rings is 1. The van der Waals surface area contributed by atoms with E-state index in [1.54, 1.807) is 54.8 Å². The zero-order valence-corrected chi connectivity index (χ0v) is 19.7. The van der Waals surface area contributed by atoms with Crippen LogP contribution in [0.25, 0.3) is 16.9 Å². The molecule has 0 aliphatic carbocycles. The Morgan fingerprint density at radius 1 is 1.11 bits per heavy atom. The molecule has 3 heterocycles. The van der Waals surface area contributed by atoms with Crippen molar-refractivity contribution in [1.82, 2.24) is 19.9 Å². The molecule has 1 aliphatic rings. The van der Waals surface area contributed by atoms with Crippen molar-refractivity contribution in [2.45, 2.75) is 38.2 Å². The number of hydrogen-bond acceptors (Lipinski definition) is 7. The third kappa shape index (κ3) is 4.88. The first-order chi connectivity index (χ1) is 17.2. The SMILES string of the molecule is CC(C)(O)COc1ccc(-c2ccc3nc4c(n3n2)[C@@H](c2ccccc2OC(F)F)NC[C@H]4O)cc1. The molecule has 0 saturated carbocycles. The van der Waals surface area contributed by atoms with Crippen LogP contribution in [0.15, 0.2) is 60.7 Å². The van der Waals surface area contributed by atoms with E-state index in [1.807, 2.05) is 18.2 Å². The van der Waals surface area contributed by atoms with E-state index < -0.39 is 24.4 Å². The number of rotatable bonds is 7. The highest BCUT2D eigenvalue weighted by Crippen LogP contribution is 2.37. The van der Waals surface area contributed by atoms with E-state index in [4.69, 9.17) is 14.6 Å². The molecule has 1 aliphatic heterocycles. The van der Waals surface area contributed by atoms with Gasteiger partial charge in [0, 0.05) is 17.7 Å². The van der Waals surface area contributed by atoms with Gasteiger partial charge in [0.1, 0.15) is 24.2 Å². The minimum absolute atomic E-state index is 0.0417. The lowest BCUT2D eigenvalue weighted by atomic mass is 9.96. The van der Waals surface area contributed by atoms with Crippen molar-refractivity contribution < 1.29 is 28.5 Å². The minimum atomic E-state index is -2.97. The Kier molecular flexibility index (Phi) is 6.33. The van der Waals surface area contributed by atoms with Crippen LogP contribution >= 0.6 is 0 Å². The molecule has 2 atom stereocenters. The number of hydrogen-bond donors (Lipinski definition) is 3. The van der Waals surface area contributed by atoms with E-state index in [1.165, 1.54) is 6.07 Å². The second kappa shape index (κ2) is 9.45. The number of nitrogens with one attached hydrogen (secondary N) is 1. The van der Waals surface area contributed by atoms with Gasteiger partial charge < -0.3 is 25.0 Å². The summed E-state index contributed by atoms with van der Waals surface area (Å²) in [6.45, 7) is 0.726. The van der Waals surface area contributed by atoms with Gasteiger partial charge in [-0.25, -0.2) is 9.50 Å². The number of aromatic nitrogens is 3. The highest BCUT2D eigenvalue weighted by atomic mass is 19.3. The van der Waals surface area contributed by atoms with Crippen molar-refractivity contribution in [2.75, 3.05) is 13.2 Å². The van der Waals surface area contributed by atoms with E-state index in [0.717, 1.165) is 5.56 Å². The van der Waals surface area contributed by atoms with Crippen LogP contribution in [-0.4, -0.2) is 50.2 Å². The van der Waals surface area contributed by atoms with Gasteiger partial charge in [-0.05, 0) is 56.3 Å². The fourth-order valence-corrected chi connectivity index (χ4v) is 4.22. The highest BCUT2D eigenvalue weighted by Gasteiger charge is 2.34. The van der Waals surface area contributed by atoms with Gasteiger partial charge in [-0.15, -0.1) is 0 Å². The smallest absolute Gasteiger partial charge is 0.387 e. The lowest BCUT2D eigenvalue weighted by molar-refractivity contribution is -0.0507. The van der Waals surface area contributed by atoms with Crippen molar-refractivity contribution in [3.05, 3.63) is 77.6 Å². The molecular formula is C26H26F2N4O4. The summed E-state index contributed by atoms with van der Waals surface area (Å²) in [5.74, 6) is 0.657. The largest absolute Gasteiger partial charge is 0.491 e. The van der Waals surface area contributed by atoms with Crippen LogP contribution in [0.5, 0.6) is 11.5 Å². The second-order valence-electron chi connectivity index (χ2n) is 9.27. The molecular weight excluding hydrogens is 470 g/mol. The van der Waals surface area contributed by atoms with Crippen LogP contribution < -0.4 is 14.8 Å². The fraction of sp³-hybridized carbons (Fsp3) is 0.308. The number of halogens is 2. The molecule has 0 bridgehead atoms. The average Bonchev–Trinajstić information content (AvgIpc) is 3.23. The summed E-state index contributed by atoms with van der Waals surface area (Å²) < 4.78 is 38.1. The standard InChI is InChI=1S/C26H26F2N4O4/c1-26(2,34)14-35-16-9-7-15(8-10-16)18-11-12-21-30-23-19(33)13-29-22(24(23)32(21)31-18)17-5-3-4-6-20(17)36-25(27)28/h3-12,19,22,25,29,33-34H,13-14H2,1-2H3/t19-,22-/m1/s1. The fourth-order valence-electron chi connectivity index (χ4n) is 4.22. The number of ether oxygens (including phenoxy) is 2. The van der Waals surface area contributed by atoms with Gasteiger partial charge in [0.25, 0.3) is 0 Å². The maximum atomic E-state index is 13.1. The van der Waals surface area contributed by atoms with Crippen LogP contribution in [0.1, 0.15) is 42.9 Å². The number of aliphatic hydroxyl groups is 2. The van der Waals surface area contributed by atoms with Crippen LogP contribution in [0.3, 0.4) is 0 Å². The Morgan fingerprint density at radius 3 is 2.58 bits per heavy atom. The predicted molar refractivity (Wildman–Crippen MR) is 128 cm³/mol. The molecule has 4 aromatic rings. The minimum Gasteiger partial charge on any atom is -0.491 e. The molecule has 2 aromatic heterocycles. The monoisotopic (exact) mass is 496 g/mol. The summed E-state index contributed by atoms with van der Waals surface area (Å²) in [5, 5.41) is 28.5. The Hall–Kier alpha value is -3.60. The molecule has 188 valence electrons. The second-order valence-corrected chi connectivity index (χ2v) is 9.27. The van der Waals surface area contributed by atoms with E-state index in [9.17, 15) is 19.0 Å². The molecule has 0 fully saturated rings. The number of β-amino-alcohol motifs (C(OH)–C–C–N with tert-alkyl or cyclic N) is 1. The maximum Gasteiger partial charge on any atom is 0.387 e. The first-order valence-electron chi connectivity index (χ1n) is 11.5. The Balaban J connectivity index is 1.54. The Labute approximate surface area is 206 Å². The first kappa shape index (κ1) is 24.1. The van der Waals surface area contributed by atoms with Crippen molar-refractivity contribution in [3.63, 3.8) is 0 Å². The number of para-hydroxylation sites is 1. The van der Waals surface area contributed by atoms with Gasteiger partial charge in [-0.3, -0.25) is 0 Å². The van der Waals surface area contributed by atoms with Gasteiger partial charge in [0.05, 0.1) is 28.7 Å². The highest BCUT2D eigenvalue weighted by molar-refractivity contribution is 5.62. The van der Waals surface area contributed by atoms with Crippen molar-refractivity contribution in [2.24, 2.45) is 0 Å². The third-order valence-electron chi connectivity index (χ3n) is 5.83. The molecule has 3 N–H and O–H groups in total. The summed E-state index contributed by atoms with van der Waals surface area (Å²) in [7, 11) is 0. The molecule has 5 rings (SSSR count). The number of benzene rings is 2. The Morgan fingerprint density at radius 2 is 1.86 bits per heavy atom. The van der Waals surface area contributed by atoms with Gasteiger partial charge in [0.15, 0.2) is 5.65 Å². The molecule has 0 amide bonds. The van der Waals surface area contributed by atoms with Crippen molar-refractivity contribution >= 4 is 5.65 Å². The summed E-state index contributed by atoms with van der Waals surface area (Å²) >= 11 is 0. The number of aliphatic hydroxyl groups excluding tert-OH is 1. The third-order valence-corrected chi connectivity index (χ3v) is 5.83. The molecule has 0 saturated heterocycles. The van der Waals surface area contributed by atoms with E-state index >= 15 is 0 Å². The van der Waals surface area contributed by atoms with Gasteiger partial charge in [-0.2, -0.15) is 13.9 Å². The van der Waals surface area contributed by atoms with Gasteiger partial charge in [0.2, 0.25) is 0 Å². The van der Waals surface area contributed by atoms with E-state index in [0.29, 0.717) is 34.0 Å². The maximum absolute atomic E-state index is 13.1. The molecule has 0 spiro atoms. The van der Waals surface area contributed by atoms with E-state index in [2.05, 4.69) is 10.3 Å². The van der Waals surface area contributed by atoms with Crippen LogP contribution in [0.2, 0.25) is 0 Å². The number of fused-ring (bicyclic) bond motifs is 3. The van der Waals surface area contributed by atoms with E-state index in [-0.39, 0.29) is 18.9 Å². The summed E-state index contributed by atoms with van der Waals surface area (Å²) in [6.07, 6.45) is -0.878. The quantitative estimate of drug-likeness (QED) is 0.357. The summed E-state index contributed by atoms with van der Waals surface area (Å²) in [4.78, 5) is 4.57. The van der Waals surface area contributed by atoms with Gasteiger partial charge in [-0.1, -0.05) is 18.2 Å². The Bertz CT molecular complexity index is 1370. The summed E-state index contributed by atoms with van der Waals surface area (Å²) in [6, 6.07) is 16.9. The topological polar surface area (TPSA) is 101 Å². The number of alkyl halides is 2. The van der Waals surface area contributed by atoms with Crippen LogP contribution in [-0.2, 0) is 0 Å². The molecule has 0 radical (unpaired) electrons. The summed E-state index contributed by atoms with van der Waals surface area (Å²) in [5.41, 5.74) is 2.53. The molecule has 8 nitrogen and oxygen atoms in total. The molecule has 2 aromatic carbocycles. The molecule has 0 unspecified atom stereocenters. The van der Waals surface area contributed by atoms with Crippen molar-refractivity contribution in [1.29, 1.82) is 0 Å². The van der Waals surface area contributed by atoms with Crippen molar-refractivity contribution in [3.8, 4) is 22.8 Å². The van der Waals surface area contributed by atoms with Gasteiger partial charge >= 0.3 is 6.61 Å². The average molecular weight is 497 g/mol. The molecule has 10 heteroatoms. The zero-order valence-electron chi connectivity index (χ0n) is 19.7.